The van der Waals surface area contributed by atoms with E-state index < -0.39 is 5.82 Å². The molecule has 4 nitrogen and oxygen atoms in total. The number of ether oxygens (including phenoxy) is 3. The Bertz CT molecular complexity index is 565. The molecule has 5 heteroatoms. The van der Waals surface area contributed by atoms with Crippen LogP contribution in [-0.2, 0) is 0 Å². The van der Waals surface area contributed by atoms with Crippen molar-refractivity contribution in [1.82, 2.24) is 0 Å². The number of methoxy groups -OCH3 is 2. The fourth-order valence-electron chi connectivity index (χ4n) is 1.63. The third kappa shape index (κ3) is 2.70. The summed E-state index contributed by atoms with van der Waals surface area (Å²) in [4.78, 5) is 0. The zero-order valence-corrected chi connectivity index (χ0v) is 10.6. The van der Waals surface area contributed by atoms with Crippen LogP contribution in [-0.4, -0.2) is 14.2 Å². The van der Waals surface area contributed by atoms with Gasteiger partial charge in [0.15, 0.2) is 23.1 Å². The molecule has 0 bridgehead atoms. The third-order valence-corrected chi connectivity index (χ3v) is 2.55. The molecule has 2 N–H and O–H groups in total. The molecular weight excluding hydrogens is 249 g/mol. The van der Waals surface area contributed by atoms with Crippen LogP contribution < -0.4 is 19.9 Å². The van der Waals surface area contributed by atoms with Gasteiger partial charge in [0.1, 0.15) is 0 Å². The van der Waals surface area contributed by atoms with E-state index in [9.17, 15) is 4.39 Å². The van der Waals surface area contributed by atoms with Gasteiger partial charge in [-0.25, -0.2) is 4.39 Å². The van der Waals surface area contributed by atoms with Crippen molar-refractivity contribution in [3.05, 3.63) is 42.2 Å². The molecule has 0 unspecified atom stereocenters. The highest BCUT2D eigenvalue weighted by molar-refractivity contribution is 5.54. The number of hydrogen-bond acceptors (Lipinski definition) is 4. The summed E-state index contributed by atoms with van der Waals surface area (Å²) in [5.74, 6) is 0.729. The molecule has 0 aliphatic rings. The average molecular weight is 263 g/mol. The normalized spacial score (nSPS) is 10.1. The third-order valence-electron chi connectivity index (χ3n) is 2.55. The second kappa shape index (κ2) is 5.48. The molecule has 0 spiro atoms. The summed E-state index contributed by atoms with van der Waals surface area (Å²) in [7, 11) is 3.00. The zero-order valence-electron chi connectivity index (χ0n) is 10.6. The molecule has 19 heavy (non-hydrogen) atoms. The van der Waals surface area contributed by atoms with Crippen LogP contribution in [0.5, 0.6) is 23.0 Å². The smallest absolute Gasteiger partial charge is 0.211 e. The molecule has 2 aromatic rings. The number of benzene rings is 2. The molecule has 0 aromatic heterocycles. The fraction of sp³-hybridized carbons (Fsp3) is 0.143. The average Bonchev–Trinajstić information content (AvgIpc) is 2.42. The largest absolute Gasteiger partial charge is 0.493 e. The highest BCUT2D eigenvalue weighted by atomic mass is 19.1. The van der Waals surface area contributed by atoms with Crippen molar-refractivity contribution in [2.24, 2.45) is 0 Å². The number of nitrogen functional groups attached to an aromatic ring is 1. The number of rotatable bonds is 4. The van der Waals surface area contributed by atoms with Crippen molar-refractivity contribution >= 4 is 5.69 Å². The topological polar surface area (TPSA) is 53.7 Å². The summed E-state index contributed by atoms with van der Waals surface area (Å²) >= 11 is 0. The molecule has 0 aliphatic heterocycles. The van der Waals surface area contributed by atoms with Crippen molar-refractivity contribution in [1.29, 1.82) is 0 Å². The summed E-state index contributed by atoms with van der Waals surface area (Å²) in [5.41, 5.74) is 5.82. The van der Waals surface area contributed by atoms with Gasteiger partial charge in [-0.05, 0) is 24.3 Å². The van der Waals surface area contributed by atoms with Gasteiger partial charge in [-0.2, -0.15) is 0 Å². The van der Waals surface area contributed by atoms with Crippen LogP contribution in [0.25, 0.3) is 0 Å². The molecule has 0 radical (unpaired) electrons. The number of halogens is 1. The van der Waals surface area contributed by atoms with Crippen LogP contribution in [0.4, 0.5) is 10.1 Å². The Kier molecular flexibility index (Phi) is 3.75. The Labute approximate surface area is 110 Å². The molecule has 0 aliphatic carbocycles. The van der Waals surface area contributed by atoms with Crippen LogP contribution in [0.15, 0.2) is 36.4 Å². The van der Waals surface area contributed by atoms with Crippen LogP contribution in [0.3, 0.4) is 0 Å². The van der Waals surface area contributed by atoms with Gasteiger partial charge in [0.25, 0.3) is 0 Å². The molecule has 0 heterocycles. The van der Waals surface area contributed by atoms with Crippen LogP contribution in [0.2, 0.25) is 0 Å². The van der Waals surface area contributed by atoms with E-state index >= 15 is 0 Å². The van der Waals surface area contributed by atoms with Crippen LogP contribution in [0.1, 0.15) is 0 Å². The van der Waals surface area contributed by atoms with E-state index in [1.165, 1.54) is 26.4 Å². The number of hydrogen-bond donors (Lipinski definition) is 1. The van der Waals surface area contributed by atoms with Gasteiger partial charge in [-0.1, -0.05) is 6.07 Å². The number of para-hydroxylation sites is 1. The van der Waals surface area contributed by atoms with Crippen LogP contribution in [0, 0.1) is 5.82 Å². The summed E-state index contributed by atoms with van der Waals surface area (Å²) in [5, 5.41) is 0. The maximum atomic E-state index is 13.7. The van der Waals surface area contributed by atoms with Gasteiger partial charge in [0, 0.05) is 11.8 Å². The Hall–Kier alpha value is -2.43. The number of anilines is 1. The maximum Gasteiger partial charge on any atom is 0.211 e. The van der Waals surface area contributed by atoms with Crippen molar-refractivity contribution in [2.75, 3.05) is 20.0 Å². The molecule has 2 rings (SSSR count). The van der Waals surface area contributed by atoms with Gasteiger partial charge in [-0.15, -0.1) is 0 Å². The Balaban J connectivity index is 2.42. The minimum Gasteiger partial charge on any atom is -0.493 e. The Morgan fingerprint density at radius 1 is 0.947 bits per heavy atom. The lowest BCUT2D eigenvalue weighted by atomic mass is 10.2. The minimum atomic E-state index is -0.548. The summed E-state index contributed by atoms with van der Waals surface area (Å²) in [6.07, 6.45) is 0. The lowest BCUT2D eigenvalue weighted by Crippen LogP contribution is -1.96. The molecule has 0 fully saturated rings. The fourth-order valence-corrected chi connectivity index (χ4v) is 1.63. The van der Waals surface area contributed by atoms with E-state index in [2.05, 4.69) is 0 Å². The first kappa shape index (κ1) is 13.0. The lowest BCUT2D eigenvalue weighted by molar-refractivity contribution is 0.340. The van der Waals surface area contributed by atoms with E-state index in [0.29, 0.717) is 22.9 Å². The molecule has 0 saturated heterocycles. The summed E-state index contributed by atoms with van der Waals surface area (Å²) in [6.45, 7) is 0. The second-order valence-electron chi connectivity index (χ2n) is 3.78. The van der Waals surface area contributed by atoms with Gasteiger partial charge in [-0.3, -0.25) is 0 Å². The summed E-state index contributed by atoms with van der Waals surface area (Å²) in [6, 6.07) is 9.36. The molecule has 100 valence electrons. The second-order valence-corrected chi connectivity index (χ2v) is 3.78. The maximum absolute atomic E-state index is 13.7. The predicted octanol–water partition coefficient (Wildman–Crippen LogP) is 3.22. The predicted molar refractivity (Wildman–Crippen MR) is 70.4 cm³/mol. The van der Waals surface area contributed by atoms with Gasteiger partial charge >= 0.3 is 0 Å². The quantitative estimate of drug-likeness (QED) is 0.860. The molecule has 0 atom stereocenters. The zero-order chi connectivity index (χ0) is 13.8. The van der Waals surface area contributed by atoms with E-state index in [1.54, 1.807) is 24.3 Å². The Morgan fingerprint density at radius 3 is 2.11 bits per heavy atom. The summed E-state index contributed by atoms with van der Waals surface area (Å²) < 4.78 is 29.6. The van der Waals surface area contributed by atoms with E-state index in [0.717, 1.165) is 0 Å². The van der Waals surface area contributed by atoms with Crippen molar-refractivity contribution < 1.29 is 18.6 Å². The van der Waals surface area contributed by atoms with Gasteiger partial charge in [0.05, 0.1) is 14.2 Å². The van der Waals surface area contributed by atoms with Gasteiger partial charge < -0.3 is 19.9 Å². The molecular formula is C14H14FNO3. The van der Waals surface area contributed by atoms with Gasteiger partial charge in [0.2, 0.25) is 5.75 Å². The van der Waals surface area contributed by atoms with E-state index in [-0.39, 0.29) is 5.75 Å². The van der Waals surface area contributed by atoms with Crippen molar-refractivity contribution in [3.63, 3.8) is 0 Å². The van der Waals surface area contributed by atoms with Crippen molar-refractivity contribution in [3.8, 4) is 23.0 Å². The molecule has 0 amide bonds. The first-order chi connectivity index (χ1) is 9.15. The Morgan fingerprint density at radius 2 is 1.58 bits per heavy atom. The lowest BCUT2D eigenvalue weighted by Gasteiger charge is -2.14. The van der Waals surface area contributed by atoms with Crippen molar-refractivity contribution in [2.45, 2.75) is 0 Å². The standard InChI is InChI=1S/C14H14FNO3/c1-17-12-4-3-5-13(18-2)14(12)19-11-7-6-9(16)8-10(11)15/h3-8H,16H2,1-2H3. The highest BCUT2D eigenvalue weighted by Crippen LogP contribution is 2.40. The molecule has 0 saturated carbocycles. The molecule has 2 aromatic carbocycles. The highest BCUT2D eigenvalue weighted by Gasteiger charge is 2.14. The minimum absolute atomic E-state index is 0.0528. The first-order valence-corrected chi connectivity index (χ1v) is 5.59. The van der Waals surface area contributed by atoms with E-state index in [1.807, 2.05) is 0 Å². The number of nitrogens with two attached hydrogens (primary N) is 1. The SMILES string of the molecule is COc1cccc(OC)c1Oc1ccc(N)cc1F. The monoisotopic (exact) mass is 263 g/mol. The van der Waals surface area contributed by atoms with E-state index in [4.69, 9.17) is 19.9 Å². The van der Waals surface area contributed by atoms with Crippen LogP contribution >= 0.6 is 0 Å². The first-order valence-electron chi connectivity index (χ1n) is 5.59.